The van der Waals surface area contributed by atoms with Crippen LogP contribution < -0.4 is 20.4 Å². The van der Waals surface area contributed by atoms with Gasteiger partial charge in [-0.05, 0) is 43.4 Å². The summed E-state index contributed by atoms with van der Waals surface area (Å²) >= 11 is 0. The highest BCUT2D eigenvalue weighted by atomic mass is 16.1. The van der Waals surface area contributed by atoms with Crippen molar-refractivity contribution in [2.24, 2.45) is 0 Å². The van der Waals surface area contributed by atoms with Gasteiger partial charge in [-0.25, -0.2) is 4.98 Å². The summed E-state index contributed by atoms with van der Waals surface area (Å²) in [4.78, 5) is 28.3. The van der Waals surface area contributed by atoms with Crippen molar-refractivity contribution in [3.8, 4) is 0 Å². The maximum atomic E-state index is 12.6. The molecule has 8 nitrogen and oxygen atoms in total. The molecule has 3 aromatic rings. The largest absolute Gasteiger partial charge is 0.369 e. The van der Waals surface area contributed by atoms with Crippen molar-refractivity contribution in [3.05, 3.63) is 60.3 Å². The average molecular weight is 416 g/mol. The van der Waals surface area contributed by atoms with Gasteiger partial charge in [0.25, 0.3) is 5.91 Å². The molecule has 0 unspecified atom stereocenters. The predicted octanol–water partition coefficient (Wildman–Crippen LogP) is 3.31. The van der Waals surface area contributed by atoms with Gasteiger partial charge in [-0.2, -0.15) is 4.98 Å². The number of para-hydroxylation sites is 1. The second-order valence-electron chi connectivity index (χ2n) is 7.92. The van der Waals surface area contributed by atoms with Gasteiger partial charge in [0.05, 0.1) is 17.4 Å². The first-order chi connectivity index (χ1) is 15.1. The van der Waals surface area contributed by atoms with E-state index in [4.69, 9.17) is 0 Å². The molecule has 2 aromatic carbocycles. The van der Waals surface area contributed by atoms with Gasteiger partial charge in [-0.15, -0.1) is 0 Å². The second kappa shape index (κ2) is 7.88. The van der Waals surface area contributed by atoms with Gasteiger partial charge in [0, 0.05) is 44.6 Å². The van der Waals surface area contributed by atoms with Crippen molar-refractivity contribution in [1.29, 1.82) is 0 Å². The molecule has 0 bridgehead atoms. The third-order valence-corrected chi connectivity index (χ3v) is 5.84. The number of carbonyl (C=O) groups is 1. The molecule has 1 amide bonds. The zero-order valence-corrected chi connectivity index (χ0v) is 17.7. The highest BCUT2D eigenvalue weighted by molar-refractivity contribution is 6.11. The summed E-state index contributed by atoms with van der Waals surface area (Å²) in [5.74, 6) is 0.960. The molecular formula is C23H25N7O. The highest BCUT2D eigenvalue weighted by Crippen LogP contribution is 2.35. The van der Waals surface area contributed by atoms with Gasteiger partial charge >= 0.3 is 0 Å². The first kappa shape index (κ1) is 19.3. The molecule has 1 fully saturated rings. The summed E-state index contributed by atoms with van der Waals surface area (Å²) in [6.07, 6.45) is 1.64. The summed E-state index contributed by atoms with van der Waals surface area (Å²) < 4.78 is 0. The molecule has 0 spiro atoms. The van der Waals surface area contributed by atoms with Crippen LogP contribution in [0.3, 0.4) is 0 Å². The van der Waals surface area contributed by atoms with Crippen LogP contribution in [0.15, 0.2) is 54.7 Å². The van der Waals surface area contributed by atoms with E-state index < -0.39 is 0 Å². The zero-order chi connectivity index (χ0) is 21.4. The Labute approximate surface area is 181 Å². The fraction of sp³-hybridized carbons (Fsp3) is 0.261. The summed E-state index contributed by atoms with van der Waals surface area (Å²) in [6.45, 7) is 4.24. The Morgan fingerprint density at radius 3 is 2.48 bits per heavy atom. The van der Waals surface area contributed by atoms with Gasteiger partial charge in [0.15, 0.2) is 5.82 Å². The van der Waals surface area contributed by atoms with Crippen LogP contribution in [0.5, 0.6) is 0 Å². The van der Waals surface area contributed by atoms with Crippen LogP contribution in [0.2, 0.25) is 0 Å². The fourth-order valence-corrected chi connectivity index (χ4v) is 3.99. The standard InChI is InChI=1S/C23H25N7O/c1-28-11-13-30(14-12-28)17-9-7-16(8-10-17)25-23-24-15-19-21(27-23)29(2)20-6-4-3-5-18(20)22(31)26-19/h3-10,15H,11-14H2,1-2H3,(H,26,31)(H,24,25,27). The molecular weight excluding hydrogens is 390 g/mol. The Bertz CT molecular complexity index is 1110. The van der Waals surface area contributed by atoms with Crippen molar-refractivity contribution in [2.75, 3.05) is 60.7 Å². The Kier molecular flexibility index (Phi) is 4.91. The Morgan fingerprint density at radius 2 is 1.71 bits per heavy atom. The van der Waals surface area contributed by atoms with E-state index in [9.17, 15) is 4.79 Å². The lowest BCUT2D eigenvalue weighted by molar-refractivity contribution is 0.102. The van der Waals surface area contributed by atoms with Crippen LogP contribution in [0.1, 0.15) is 10.4 Å². The molecule has 8 heteroatoms. The number of likely N-dealkylation sites (N-methyl/N-ethyl adjacent to an activating group) is 1. The average Bonchev–Trinajstić information content (AvgIpc) is 2.90. The van der Waals surface area contributed by atoms with Crippen molar-refractivity contribution in [2.45, 2.75) is 0 Å². The molecule has 2 aliphatic heterocycles. The monoisotopic (exact) mass is 415 g/mol. The molecule has 0 aliphatic carbocycles. The van der Waals surface area contributed by atoms with E-state index in [-0.39, 0.29) is 5.91 Å². The molecule has 0 atom stereocenters. The molecule has 0 saturated carbocycles. The molecule has 1 saturated heterocycles. The Morgan fingerprint density at radius 1 is 0.968 bits per heavy atom. The van der Waals surface area contributed by atoms with Crippen LogP contribution in [0, 0.1) is 0 Å². The van der Waals surface area contributed by atoms with Gasteiger partial charge < -0.3 is 25.3 Å². The SMILES string of the molecule is CN1CCN(c2ccc(Nc3ncc4c(n3)N(C)c3ccccc3C(=O)N4)cc2)CC1. The van der Waals surface area contributed by atoms with Gasteiger partial charge in [-0.3, -0.25) is 4.79 Å². The van der Waals surface area contributed by atoms with Crippen LogP contribution in [-0.4, -0.2) is 61.0 Å². The maximum Gasteiger partial charge on any atom is 0.257 e. The fourth-order valence-electron chi connectivity index (χ4n) is 3.99. The van der Waals surface area contributed by atoms with Gasteiger partial charge in [-0.1, -0.05) is 12.1 Å². The number of anilines is 6. The lowest BCUT2D eigenvalue weighted by Crippen LogP contribution is -2.44. The maximum absolute atomic E-state index is 12.6. The number of hydrogen-bond acceptors (Lipinski definition) is 7. The molecule has 0 radical (unpaired) electrons. The lowest BCUT2D eigenvalue weighted by Gasteiger charge is -2.34. The smallest absolute Gasteiger partial charge is 0.257 e. The third kappa shape index (κ3) is 3.77. The molecule has 5 rings (SSSR count). The van der Waals surface area contributed by atoms with Crippen molar-refractivity contribution in [3.63, 3.8) is 0 Å². The first-order valence-corrected chi connectivity index (χ1v) is 10.4. The lowest BCUT2D eigenvalue weighted by atomic mass is 10.1. The molecule has 158 valence electrons. The number of amides is 1. The van der Waals surface area contributed by atoms with Gasteiger partial charge in [0.2, 0.25) is 5.95 Å². The van der Waals surface area contributed by atoms with E-state index >= 15 is 0 Å². The van der Waals surface area contributed by atoms with Crippen LogP contribution >= 0.6 is 0 Å². The molecule has 31 heavy (non-hydrogen) atoms. The van der Waals surface area contributed by atoms with Crippen LogP contribution in [-0.2, 0) is 0 Å². The Balaban J connectivity index is 1.37. The predicted molar refractivity (Wildman–Crippen MR) is 124 cm³/mol. The van der Waals surface area contributed by atoms with Crippen LogP contribution in [0.25, 0.3) is 0 Å². The number of fused-ring (bicyclic) bond motifs is 2. The Hall–Kier alpha value is -3.65. The topological polar surface area (TPSA) is 76.6 Å². The summed E-state index contributed by atoms with van der Waals surface area (Å²) in [5.41, 5.74) is 4.13. The number of aromatic nitrogens is 2. The van der Waals surface area contributed by atoms with E-state index in [1.165, 1.54) is 5.69 Å². The number of carbonyl (C=O) groups excluding carboxylic acids is 1. The van der Waals surface area contributed by atoms with Gasteiger partial charge in [0.1, 0.15) is 5.69 Å². The van der Waals surface area contributed by atoms with E-state index in [0.717, 1.165) is 37.6 Å². The van der Waals surface area contributed by atoms with Crippen molar-refractivity contribution >= 4 is 40.4 Å². The number of rotatable bonds is 3. The van der Waals surface area contributed by atoms with E-state index in [0.29, 0.717) is 23.0 Å². The number of nitrogens with zero attached hydrogens (tertiary/aromatic N) is 5. The van der Waals surface area contributed by atoms with E-state index in [1.54, 1.807) is 6.20 Å². The second-order valence-corrected chi connectivity index (χ2v) is 7.92. The van der Waals surface area contributed by atoms with E-state index in [1.807, 2.05) is 48.3 Å². The minimum absolute atomic E-state index is 0.162. The minimum Gasteiger partial charge on any atom is -0.369 e. The summed E-state index contributed by atoms with van der Waals surface area (Å²) in [5, 5.41) is 6.18. The summed E-state index contributed by atoms with van der Waals surface area (Å²) in [6, 6.07) is 15.8. The van der Waals surface area contributed by atoms with Crippen LogP contribution in [0.4, 0.5) is 34.5 Å². The minimum atomic E-state index is -0.162. The molecule has 3 heterocycles. The number of hydrogen-bond donors (Lipinski definition) is 2. The third-order valence-electron chi connectivity index (χ3n) is 5.84. The normalized spacial score (nSPS) is 16.3. The zero-order valence-electron chi connectivity index (χ0n) is 17.7. The summed E-state index contributed by atoms with van der Waals surface area (Å²) in [7, 11) is 4.06. The van der Waals surface area contributed by atoms with Crippen molar-refractivity contribution in [1.82, 2.24) is 14.9 Å². The quantitative estimate of drug-likeness (QED) is 0.680. The van der Waals surface area contributed by atoms with Crippen molar-refractivity contribution < 1.29 is 4.79 Å². The number of nitrogens with one attached hydrogen (secondary N) is 2. The first-order valence-electron chi connectivity index (χ1n) is 10.4. The molecule has 2 N–H and O–H groups in total. The molecule has 2 aliphatic rings. The highest BCUT2D eigenvalue weighted by Gasteiger charge is 2.24. The number of benzene rings is 2. The van der Waals surface area contributed by atoms with E-state index in [2.05, 4.69) is 49.6 Å². The molecule has 1 aromatic heterocycles. The number of piperazine rings is 1.